The zero-order chi connectivity index (χ0) is 22.9. The minimum Gasteiger partial charge on any atom is -0.299 e. The Hall–Kier alpha value is -1.08. The highest BCUT2D eigenvalue weighted by Gasteiger charge is 2.32. The van der Waals surface area contributed by atoms with Crippen molar-refractivity contribution in [3.63, 3.8) is 0 Å². The number of carbonyl (C=O) groups excluding carboxylic acids is 1. The highest BCUT2D eigenvalue weighted by Crippen LogP contribution is 2.44. The Morgan fingerprint density at radius 2 is 2.15 bits per heavy atom. The van der Waals surface area contributed by atoms with Gasteiger partial charge in [0.2, 0.25) is 0 Å². The summed E-state index contributed by atoms with van der Waals surface area (Å²) in [5.74, 6) is 1.10. The topological polar surface area (TPSA) is 33.2 Å². The van der Waals surface area contributed by atoms with E-state index < -0.39 is 0 Å². The predicted octanol–water partition coefficient (Wildman–Crippen LogP) is 8.03. The number of rotatable bonds is 9. The van der Waals surface area contributed by atoms with Crippen molar-refractivity contribution in [2.24, 2.45) is 5.92 Å². The second-order valence-electron chi connectivity index (χ2n) is 9.86. The summed E-state index contributed by atoms with van der Waals surface area (Å²) in [6.07, 6.45) is 9.79. The van der Waals surface area contributed by atoms with E-state index >= 15 is 0 Å². The van der Waals surface area contributed by atoms with Gasteiger partial charge in [-0.15, -0.1) is 22.7 Å². The molecule has 1 aliphatic heterocycles. The van der Waals surface area contributed by atoms with Crippen molar-refractivity contribution >= 4 is 54.6 Å². The van der Waals surface area contributed by atoms with E-state index in [1.807, 2.05) is 11.3 Å². The molecule has 6 heteroatoms. The van der Waals surface area contributed by atoms with Gasteiger partial charge < -0.3 is 0 Å². The summed E-state index contributed by atoms with van der Waals surface area (Å²) in [6, 6.07) is 7.11. The first kappa shape index (κ1) is 23.7. The molecule has 33 heavy (non-hydrogen) atoms. The van der Waals surface area contributed by atoms with Crippen LogP contribution >= 0.6 is 38.6 Å². The fourth-order valence-electron chi connectivity index (χ4n) is 5.04. The lowest BCUT2D eigenvalue weighted by Crippen LogP contribution is -2.42. The number of ketones is 1. The molecule has 3 nitrogen and oxygen atoms in total. The number of Topliss-reactive ketones (excluding diaryl/α,β-unsaturated/α-hetero) is 1. The Bertz CT molecular complexity index is 1150. The highest BCUT2D eigenvalue weighted by molar-refractivity contribution is 9.10. The van der Waals surface area contributed by atoms with Crippen LogP contribution < -0.4 is 0 Å². The van der Waals surface area contributed by atoms with Crippen molar-refractivity contribution in [2.75, 3.05) is 6.54 Å². The summed E-state index contributed by atoms with van der Waals surface area (Å²) in [7, 11) is 0. The number of aromatic nitrogens is 1. The Balaban J connectivity index is 1.43. The second-order valence-corrected chi connectivity index (χ2v) is 13.0. The van der Waals surface area contributed by atoms with Gasteiger partial charge in [-0.05, 0) is 55.4 Å². The van der Waals surface area contributed by atoms with Gasteiger partial charge in [0.05, 0.1) is 10.2 Å². The van der Waals surface area contributed by atoms with Crippen LogP contribution in [0.3, 0.4) is 0 Å². The molecule has 0 saturated heterocycles. The van der Waals surface area contributed by atoms with Crippen molar-refractivity contribution in [3.05, 3.63) is 38.0 Å². The summed E-state index contributed by atoms with van der Waals surface area (Å²) < 4.78 is 2.28. The van der Waals surface area contributed by atoms with Crippen LogP contribution in [0.15, 0.2) is 22.7 Å². The average molecular weight is 546 g/mol. The fraction of sp³-hybridized carbons (Fsp3) is 0.556. The van der Waals surface area contributed by atoms with Crippen molar-refractivity contribution in [3.8, 4) is 10.6 Å². The summed E-state index contributed by atoms with van der Waals surface area (Å²) in [5.41, 5.74) is 3.80. The third-order valence-corrected chi connectivity index (χ3v) is 10.3. The molecule has 0 N–H and O–H groups in total. The quantitative estimate of drug-likeness (QED) is 0.273. The Kier molecular flexibility index (Phi) is 7.36. The molecule has 1 aromatic carbocycles. The number of fused-ring (bicyclic) bond motifs is 2. The molecule has 1 saturated carbocycles. The molecule has 1 fully saturated rings. The summed E-state index contributed by atoms with van der Waals surface area (Å²) in [6.45, 7) is 6.71. The van der Waals surface area contributed by atoms with Crippen LogP contribution in [0.1, 0.15) is 74.1 Å². The summed E-state index contributed by atoms with van der Waals surface area (Å²) in [5, 5.41) is 1.10. The Labute approximate surface area is 213 Å². The molecule has 0 bridgehead atoms. The molecule has 3 heterocycles. The molecular formula is C27H33BrN2OS2. The fourth-order valence-corrected chi connectivity index (χ4v) is 7.91. The van der Waals surface area contributed by atoms with Gasteiger partial charge in [0.15, 0.2) is 0 Å². The van der Waals surface area contributed by atoms with Gasteiger partial charge in [-0.25, -0.2) is 4.98 Å². The lowest BCUT2D eigenvalue weighted by atomic mass is 9.89. The van der Waals surface area contributed by atoms with E-state index in [9.17, 15) is 4.79 Å². The van der Waals surface area contributed by atoms with Crippen LogP contribution in [0.2, 0.25) is 0 Å². The Morgan fingerprint density at radius 1 is 1.30 bits per heavy atom. The molecule has 1 aliphatic carbocycles. The standard InChI is InChI=1S/C27H33BrN2OS2/c1-3-17(2)6-4-9-20(31)15-24-26(27-29-22-14-18(28)10-11-23(22)33-27)21-12-13-30(16-25(21)32-24)19-7-5-8-19/h10-11,14,17,19H,3-9,12-13,15-16H2,1-2H3/t17-/m0/s1. The van der Waals surface area contributed by atoms with Crippen LogP contribution in [0, 0.1) is 5.92 Å². The molecular weight excluding hydrogens is 512 g/mol. The number of nitrogens with zero attached hydrogens (tertiary/aromatic N) is 2. The van der Waals surface area contributed by atoms with Crippen LogP contribution in [0.5, 0.6) is 0 Å². The molecule has 0 amide bonds. The zero-order valence-corrected chi connectivity index (χ0v) is 22.9. The molecule has 176 valence electrons. The van der Waals surface area contributed by atoms with Gasteiger partial charge in [-0.3, -0.25) is 9.69 Å². The highest BCUT2D eigenvalue weighted by atomic mass is 79.9. The number of thiazole rings is 1. The van der Waals surface area contributed by atoms with E-state index in [4.69, 9.17) is 4.98 Å². The number of thiophene rings is 1. The van der Waals surface area contributed by atoms with E-state index in [0.717, 1.165) is 53.4 Å². The average Bonchev–Trinajstić information content (AvgIpc) is 3.31. The molecule has 5 rings (SSSR count). The van der Waals surface area contributed by atoms with Gasteiger partial charge in [0.1, 0.15) is 10.8 Å². The first-order chi connectivity index (χ1) is 16.0. The first-order valence-corrected chi connectivity index (χ1v) is 14.9. The lowest BCUT2D eigenvalue weighted by Gasteiger charge is -2.39. The summed E-state index contributed by atoms with van der Waals surface area (Å²) in [4.78, 5) is 23.4. The maximum Gasteiger partial charge on any atom is 0.138 e. The summed E-state index contributed by atoms with van der Waals surface area (Å²) >= 11 is 7.25. The van der Waals surface area contributed by atoms with Gasteiger partial charge in [-0.2, -0.15) is 0 Å². The monoisotopic (exact) mass is 544 g/mol. The maximum absolute atomic E-state index is 13.0. The van der Waals surface area contributed by atoms with Gasteiger partial charge in [0, 0.05) is 51.8 Å². The smallest absolute Gasteiger partial charge is 0.138 e. The zero-order valence-electron chi connectivity index (χ0n) is 19.7. The molecule has 0 spiro atoms. The number of benzene rings is 1. The normalized spacial score (nSPS) is 17.8. The van der Waals surface area contributed by atoms with Crippen LogP contribution in [-0.2, 0) is 24.2 Å². The largest absolute Gasteiger partial charge is 0.299 e. The molecule has 3 aromatic rings. The van der Waals surface area contributed by atoms with E-state index in [2.05, 4.69) is 52.9 Å². The van der Waals surface area contributed by atoms with E-state index in [1.54, 1.807) is 11.3 Å². The number of carbonyl (C=O) groups is 1. The van der Waals surface area contributed by atoms with E-state index in [-0.39, 0.29) is 0 Å². The van der Waals surface area contributed by atoms with E-state index in [0.29, 0.717) is 24.5 Å². The number of halogens is 1. The SMILES string of the molecule is CC[C@H](C)CCCC(=O)Cc1sc2c(c1-c1nc3cc(Br)ccc3s1)CCN(C1CCC1)C2. The molecule has 2 aromatic heterocycles. The van der Waals surface area contributed by atoms with Crippen LogP contribution in [-0.4, -0.2) is 28.3 Å². The van der Waals surface area contributed by atoms with Gasteiger partial charge in [-0.1, -0.05) is 49.0 Å². The van der Waals surface area contributed by atoms with Crippen molar-refractivity contribution in [2.45, 2.75) is 84.2 Å². The Morgan fingerprint density at radius 3 is 2.91 bits per heavy atom. The van der Waals surface area contributed by atoms with Gasteiger partial charge in [0.25, 0.3) is 0 Å². The number of hydrogen-bond acceptors (Lipinski definition) is 5. The molecule has 0 unspecified atom stereocenters. The molecule has 2 aliphatic rings. The lowest BCUT2D eigenvalue weighted by molar-refractivity contribution is -0.118. The number of hydrogen-bond donors (Lipinski definition) is 0. The van der Waals surface area contributed by atoms with Crippen molar-refractivity contribution < 1.29 is 4.79 Å². The third-order valence-electron chi connectivity index (χ3n) is 7.52. The molecule has 1 atom stereocenters. The van der Waals surface area contributed by atoms with Gasteiger partial charge >= 0.3 is 0 Å². The third kappa shape index (κ3) is 5.14. The first-order valence-electron chi connectivity index (χ1n) is 12.5. The predicted molar refractivity (Wildman–Crippen MR) is 144 cm³/mol. The maximum atomic E-state index is 13.0. The van der Waals surface area contributed by atoms with E-state index in [1.165, 1.54) is 51.3 Å². The second kappa shape index (κ2) is 10.3. The minimum atomic E-state index is 0.387. The molecule has 0 radical (unpaired) electrons. The van der Waals surface area contributed by atoms with Crippen molar-refractivity contribution in [1.29, 1.82) is 0 Å². The van der Waals surface area contributed by atoms with Crippen molar-refractivity contribution in [1.82, 2.24) is 9.88 Å². The van der Waals surface area contributed by atoms with Crippen LogP contribution in [0.4, 0.5) is 0 Å². The minimum absolute atomic E-state index is 0.387. The van der Waals surface area contributed by atoms with Crippen LogP contribution in [0.25, 0.3) is 20.8 Å².